The topological polar surface area (TPSA) is 25.8 Å². The van der Waals surface area contributed by atoms with Gasteiger partial charge in [0.1, 0.15) is 5.69 Å². The van der Waals surface area contributed by atoms with Crippen molar-refractivity contribution in [1.29, 1.82) is 0 Å². The molecule has 0 saturated heterocycles. The molecule has 0 N–H and O–H groups in total. The molecule has 0 aliphatic heterocycles. The van der Waals surface area contributed by atoms with E-state index in [1.165, 1.54) is 0 Å². The van der Waals surface area contributed by atoms with Crippen molar-refractivity contribution in [3.8, 4) is 0 Å². The van der Waals surface area contributed by atoms with Crippen molar-refractivity contribution in [2.75, 3.05) is 0 Å². The molecule has 1 heterocycles. The minimum Gasteiger partial charge on any atom is -0.191 e. The highest BCUT2D eigenvalue weighted by atomic mass is 32.1. The number of hydrogen-bond donors (Lipinski definition) is 0. The Morgan fingerprint density at radius 3 is 2.57 bits per heavy atom. The number of halogens is 1. The van der Waals surface area contributed by atoms with Gasteiger partial charge in [0.15, 0.2) is 0 Å². The Hall–Kier alpha value is -0.510. The summed E-state index contributed by atoms with van der Waals surface area (Å²) in [5.74, 6) is 0. The summed E-state index contributed by atoms with van der Waals surface area (Å²) in [4.78, 5) is 0. The standard InChI is InChI=1S/C3H3FN2S/c1-2-3(4)7-6-5-2/h1H3. The number of aryl methyl sites for hydroxylation is 1. The summed E-state index contributed by atoms with van der Waals surface area (Å²) in [6, 6.07) is 0. The lowest BCUT2D eigenvalue weighted by atomic mass is 10.6. The van der Waals surface area contributed by atoms with Crippen molar-refractivity contribution in [3.05, 3.63) is 10.8 Å². The van der Waals surface area contributed by atoms with E-state index < -0.39 is 0 Å². The first kappa shape index (κ1) is 4.64. The predicted octanol–water partition coefficient (Wildman–Crippen LogP) is 0.986. The molecule has 0 saturated carbocycles. The molecule has 0 atom stereocenters. The van der Waals surface area contributed by atoms with Crippen LogP contribution in [-0.2, 0) is 0 Å². The number of nitrogens with zero attached hydrogens (tertiary/aromatic N) is 2. The van der Waals surface area contributed by atoms with E-state index in [4.69, 9.17) is 0 Å². The second-order valence-electron chi connectivity index (χ2n) is 1.13. The van der Waals surface area contributed by atoms with Crippen LogP contribution in [0.5, 0.6) is 0 Å². The smallest absolute Gasteiger partial charge is 0.191 e. The quantitative estimate of drug-likeness (QED) is 0.507. The molecule has 0 amide bonds. The lowest BCUT2D eigenvalue weighted by molar-refractivity contribution is 0.642. The van der Waals surface area contributed by atoms with Gasteiger partial charge >= 0.3 is 0 Å². The Morgan fingerprint density at radius 2 is 2.43 bits per heavy atom. The van der Waals surface area contributed by atoms with Gasteiger partial charge in [-0.3, -0.25) is 0 Å². The maximum absolute atomic E-state index is 12.0. The molecule has 1 rings (SSSR count). The minimum atomic E-state index is -0.292. The Labute approximate surface area is 44.2 Å². The third kappa shape index (κ3) is 0.742. The van der Waals surface area contributed by atoms with Crippen molar-refractivity contribution < 1.29 is 4.39 Å². The molecular weight excluding hydrogens is 115 g/mol. The highest BCUT2D eigenvalue weighted by Gasteiger charge is 1.96. The van der Waals surface area contributed by atoms with E-state index in [1.807, 2.05) is 0 Å². The highest BCUT2D eigenvalue weighted by molar-refractivity contribution is 7.03. The molecule has 0 aliphatic rings. The number of hydrogen-bond acceptors (Lipinski definition) is 3. The highest BCUT2D eigenvalue weighted by Crippen LogP contribution is 2.03. The lowest BCUT2D eigenvalue weighted by Crippen LogP contribution is -1.71. The third-order valence-electron chi connectivity index (χ3n) is 0.596. The summed E-state index contributed by atoms with van der Waals surface area (Å²) < 4.78 is 15.3. The van der Waals surface area contributed by atoms with Gasteiger partial charge in [0, 0.05) is 11.5 Å². The first-order valence-corrected chi connectivity index (χ1v) is 2.52. The zero-order valence-electron chi connectivity index (χ0n) is 3.68. The fourth-order valence-corrected chi connectivity index (χ4v) is 0.631. The van der Waals surface area contributed by atoms with Crippen LogP contribution in [0, 0.1) is 12.1 Å². The average molecular weight is 118 g/mol. The van der Waals surface area contributed by atoms with Crippen molar-refractivity contribution >= 4 is 11.5 Å². The largest absolute Gasteiger partial charge is 0.218 e. The van der Waals surface area contributed by atoms with Crippen LogP contribution < -0.4 is 0 Å². The first-order valence-electron chi connectivity index (χ1n) is 1.75. The van der Waals surface area contributed by atoms with Crippen molar-refractivity contribution in [2.24, 2.45) is 0 Å². The molecule has 7 heavy (non-hydrogen) atoms. The monoisotopic (exact) mass is 118 g/mol. The molecule has 0 radical (unpaired) electrons. The SMILES string of the molecule is Cc1nnsc1F. The zero-order valence-corrected chi connectivity index (χ0v) is 4.50. The summed E-state index contributed by atoms with van der Waals surface area (Å²) in [6.07, 6.45) is 0. The van der Waals surface area contributed by atoms with Crippen LogP contribution in [0.15, 0.2) is 0 Å². The predicted molar refractivity (Wildman–Crippen MR) is 24.6 cm³/mol. The molecule has 0 aliphatic carbocycles. The number of aromatic nitrogens is 2. The van der Waals surface area contributed by atoms with E-state index in [0.717, 1.165) is 11.5 Å². The Balaban J connectivity index is 3.12. The molecule has 0 aromatic carbocycles. The van der Waals surface area contributed by atoms with Crippen LogP contribution >= 0.6 is 11.5 Å². The fraction of sp³-hybridized carbons (Fsp3) is 0.333. The minimum absolute atomic E-state index is 0.292. The van der Waals surface area contributed by atoms with Crippen LogP contribution in [0.4, 0.5) is 4.39 Å². The van der Waals surface area contributed by atoms with Crippen LogP contribution in [-0.4, -0.2) is 9.59 Å². The van der Waals surface area contributed by atoms with Crippen molar-refractivity contribution in [3.63, 3.8) is 0 Å². The van der Waals surface area contributed by atoms with Gasteiger partial charge in [-0.1, -0.05) is 4.49 Å². The van der Waals surface area contributed by atoms with E-state index in [0.29, 0.717) is 5.69 Å². The molecule has 1 aromatic heterocycles. The van der Waals surface area contributed by atoms with Crippen molar-refractivity contribution in [2.45, 2.75) is 6.92 Å². The average Bonchev–Trinajstić information content (AvgIpc) is 1.91. The normalized spacial score (nSPS) is 9.43. The lowest BCUT2D eigenvalue weighted by Gasteiger charge is -1.69. The Kier molecular flexibility index (Phi) is 1.02. The van der Waals surface area contributed by atoms with Crippen molar-refractivity contribution in [1.82, 2.24) is 9.59 Å². The molecule has 0 bridgehead atoms. The summed E-state index contributed by atoms with van der Waals surface area (Å²) in [5, 5.41) is 3.12. The maximum atomic E-state index is 12.0. The maximum Gasteiger partial charge on any atom is 0.218 e. The zero-order chi connectivity index (χ0) is 5.28. The summed E-state index contributed by atoms with van der Waals surface area (Å²) in [6.45, 7) is 1.58. The van der Waals surface area contributed by atoms with Gasteiger partial charge < -0.3 is 0 Å². The van der Waals surface area contributed by atoms with E-state index in [-0.39, 0.29) is 5.13 Å². The second kappa shape index (κ2) is 1.54. The Morgan fingerprint density at radius 1 is 1.71 bits per heavy atom. The van der Waals surface area contributed by atoms with Gasteiger partial charge in [0.05, 0.1) is 0 Å². The molecule has 4 heteroatoms. The van der Waals surface area contributed by atoms with Gasteiger partial charge in [0.2, 0.25) is 5.13 Å². The van der Waals surface area contributed by atoms with E-state index >= 15 is 0 Å². The van der Waals surface area contributed by atoms with Gasteiger partial charge in [-0.25, -0.2) is 0 Å². The number of rotatable bonds is 0. The summed E-state index contributed by atoms with van der Waals surface area (Å²) >= 11 is 0.777. The van der Waals surface area contributed by atoms with E-state index in [2.05, 4.69) is 9.59 Å². The fourth-order valence-electron chi connectivity index (χ4n) is 0.223. The second-order valence-corrected chi connectivity index (χ2v) is 1.84. The van der Waals surface area contributed by atoms with Gasteiger partial charge in [-0.05, 0) is 6.92 Å². The molecule has 1 aromatic rings. The third-order valence-corrected chi connectivity index (χ3v) is 1.22. The first-order chi connectivity index (χ1) is 3.30. The molecule has 38 valence electrons. The molecule has 2 nitrogen and oxygen atoms in total. The molecule has 0 spiro atoms. The van der Waals surface area contributed by atoms with Crippen LogP contribution in [0.3, 0.4) is 0 Å². The Bertz CT molecular complexity index is 145. The summed E-state index contributed by atoms with van der Waals surface area (Å²) in [5.41, 5.74) is 0.380. The molecular formula is C3H3FN2S. The molecule has 0 fully saturated rings. The van der Waals surface area contributed by atoms with Gasteiger partial charge in [0.25, 0.3) is 0 Å². The van der Waals surface area contributed by atoms with E-state index in [9.17, 15) is 4.39 Å². The van der Waals surface area contributed by atoms with Crippen LogP contribution in [0.2, 0.25) is 0 Å². The van der Waals surface area contributed by atoms with E-state index in [1.54, 1.807) is 6.92 Å². The molecule has 0 unspecified atom stereocenters. The van der Waals surface area contributed by atoms with Crippen LogP contribution in [0.25, 0.3) is 0 Å². The van der Waals surface area contributed by atoms with Gasteiger partial charge in [-0.15, -0.1) is 5.10 Å². The van der Waals surface area contributed by atoms with Gasteiger partial charge in [-0.2, -0.15) is 4.39 Å². The summed E-state index contributed by atoms with van der Waals surface area (Å²) in [7, 11) is 0. The van der Waals surface area contributed by atoms with Crippen LogP contribution in [0.1, 0.15) is 5.69 Å².